The summed E-state index contributed by atoms with van der Waals surface area (Å²) in [5, 5.41) is 3.02. The van der Waals surface area contributed by atoms with Crippen molar-refractivity contribution in [3.8, 4) is 5.75 Å². The molecule has 0 aliphatic carbocycles. The molecule has 4 rings (SSSR count). The summed E-state index contributed by atoms with van der Waals surface area (Å²) >= 11 is 0. The molecule has 9 heteroatoms. The molecule has 2 amide bonds. The number of benzene rings is 4. The number of nitrogens with zero attached hydrogens (tertiary/aromatic N) is 2. The van der Waals surface area contributed by atoms with Gasteiger partial charge in [0.25, 0.3) is 10.0 Å². The van der Waals surface area contributed by atoms with E-state index >= 15 is 0 Å². The van der Waals surface area contributed by atoms with Crippen LogP contribution < -0.4 is 14.4 Å². The molecule has 4 aromatic rings. The van der Waals surface area contributed by atoms with Crippen LogP contribution in [0.5, 0.6) is 5.75 Å². The SMILES string of the molecule is CCCCNC(=O)C(Cc1ccccc1)N(Cc1cccc(C)c1)C(=O)CN(c1ccc(C)cc1)S(=O)(=O)c1ccc(OCC)cc1. The highest BCUT2D eigenvalue weighted by Crippen LogP contribution is 2.27. The summed E-state index contributed by atoms with van der Waals surface area (Å²) < 4.78 is 35.2. The zero-order valence-electron chi connectivity index (χ0n) is 27.7. The van der Waals surface area contributed by atoms with Gasteiger partial charge in [-0.15, -0.1) is 0 Å². The van der Waals surface area contributed by atoms with E-state index in [-0.39, 0.29) is 23.8 Å². The maximum atomic E-state index is 14.6. The molecular weight excluding hydrogens is 611 g/mol. The molecule has 47 heavy (non-hydrogen) atoms. The van der Waals surface area contributed by atoms with Crippen LogP contribution in [0, 0.1) is 13.8 Å². The van der Waals surface area contributed by atoms with Crippen LogP contribution in [0.2, 0.25) is 0 Å². The Balaban J connectivity index is 1.78. The van der Waals surface area contributed by atoms with Crippen molar-refractivity contribution in [1.82, 2.24) is 10.2 Å². The number of amides is 2. The molecule has 0 fully saturated rings. The van der Waals surface area contributed by atoms with Crippen molar-refractivity contribution < 1.29 is 22.7 Å². The van der Waals surface area contributed by atoms with Crippen LogP contribution >= 0.6 is 0 Å². The third-order valence-electron chi connectivity index (χ3n) is 7.86. The number of carbonyl (C=O) groups excluding carboxylic acids is 2. The van der Waals surface area contributed by atoms with Gasteiger partial charge in [0, 0.05) is 19.5 Å². The minimum absolute atomic E-state index is 0.0257. The number of nitrogens with one attached hydrogen (secondary N) is 1. The molecule has 1 N–H and O–H groups in total. The van der Waals surface area contributed by atoms with Gasteiger partial charge in [-0.05, 0) is 74.7 Å². The predicted molar refractivity (Wildman–Crippen MR) is 187 cm³/mol. The number of aryl methyl sites for hydroxylation is 2. The van der Waals surface area contributed by atoms with Crippen LogP contribution in [0.1, 0.15) is 48.9 Å². The number of anilines is 1. The first-order valence-corrected chi connectivity index (χ1v) is 17.5. The molecule has 0 saturated heterocycles. The van der Waals surface area contributed by atoms with Crippen molar-refractivity contribution in [1.29, 1.82) is 0 Å². The average Bonchev–Trinajstić information content (AvgIpc) is 3.06. The molecule has 0 aliphatic rings. The Morgan fingerprint density at radius 1 is 0.809 bits per heavy atom. The summed E-state index contributed by atoms with van der Waals surface area (Å²) in [6.45, 7) is 8.34. The average molecular weight is 656 g/mol. The summed E-state index contributed by atoms with van der Waals surface area (Å²) in [6.07, 6.45) is 1.98. The Hall–Kier alpha value is -4.63. The van der Waals surface area contributed by atoms with Crippen LogP contribution in [0.25, 0.3) is 0 Å². The van der Waals surface area contributed by atoms with Gasteiger partial charge in [-0.1, -0.05) is 91.2 Å². The molecule has 8 nitrogen and oxygen atoms in total. The largest absolute Gasteiger partial charge is 0.494 e. The van der Waals surface area contributed by atoms with E-state index < -0.39 is 28.5 Å². The van der Waals surface area contributed by atoms with E-state index in [0.717, 1.165) is 39.4 Å². The van der Waals surface area contributed by atoms with Crippen LogP contribution in [0.15, 0.2) is 108 Å². The zero-order chi connectivity index (χ0) is 33.8. The van der Waals surface area contributed by atoms with E-state index in [0.29, 0.717) is 24.6 Å². The maximum Gasteiger partial charge on any atom is 0.264 e. The highest BCUT2D eigenvalue weighted by atomic mass is 32.2. The highest BCUT2D eigenvalue weighted by molar-refractivity contribution is 7.92. The number of hydrogen-bond acceptors (Lipinski definition) is 5. The minimum Gasteiger partial charge on any atom is -0.494 e. The Morgan fingerprint density at radius 2 is 1.49 bits per heavy atom. The van der Waals surface area contributed by atoms with E-state index in [1.54, 1.807) is 24.3 Å². The Labute approximate surface area is 279 Å². The third-order valence-corrected chi connectivity index (χ3v) is 9.65. The van der Waals surface area contributed by atoms with Gasteiger partial charge < -0.3 is 15.0 Å². The Bertz CT molecular complexity index is 1710. The molecule has 0 saturated carbocycles. The maximum absolute atomic E-state index is 14.6. The summed E-state index contributed by atoms with van der Waals surface area (Å²) in [5.41, 5.74) is 4.05. The number of unbranched alkanes of at least 4 members (excludes halogenated alkanes) is 1. The topological polar surface area (TPSA) is 96.0 Å². The van der Waals surface area contributed by atoms with Gasteiger partial charge in [0.2, 0.25) is 11.8 Å². The molecule has 0 radical (unpaired) electrons. The normalized spacial score (nSPS) is 11.8. The molecule has 0 aromatic heterocycles. The van der Waals surface area contributed by atoms with Gasteiger partial charge >= 0.3 is 0 Å². The predicted octanol–water partition coefficient (Wildman–Crippen LogP) is 6.45. The lowest BCUT2D eigenvalue weighted by molar-refractivity contribution is -0.140. The van der Waals surface area contributed by atoms with Gasteiger partial charge in [-0.2, -0.15) is 0 Å². The first-order chi connectivity index (χ1) is 22.6. The first kappa shape index (κ1) is 35.2. The smallest absolute Gasteiger partial charge is 0.264 e. The lowest BCUT2D eigenvalue weighted by Crippen LogP contribution is -2.53. The van der Waals surface area contributed by atoms with Crippen LogP contribution in [0.3, 0.4) is 0 Å². The first-order valence-electron chi connectivity index (χ1n) is 16.1. The van der Waals surface area contributed by atoms with Crippen LogP contribution in [-0.2, 0) is 32.6 Å². The lowest BCUT2D eigenvalue weighted by atomic mass is 10.0. The lowest BCUT2D eigenvalue weighted by Gasteiger charge is -2.34. The van der Waals surface area contributed by atoms with E-state index in [4.69, 9.17) is 4.74 Å². The van der Waals surface area contributed by atoms with Gasteiger partial charge in [0.1, 0.15) is 18.3 Å². The quantitative estimate of drug-likeness (QED) is 0.140. The molecule has 1 unspecified atom stereocenters. The second kappa shape index (κ2) is 16.8. The zero-order valence-corrected chi connectivity index (χ0v) is 28.5. The second-order valence-corrected chi connectivity index (χ2v) is 13.5. The molecule has 248 valence electrons. The van der Waals surface area contributed by atoms with Crippen molar-refractivity contribution in [2.45, 2.75) is 64.4 Å². The van der Waals surface area contributed by atoms with Crippen molar-refractivity contribution >= 4 is 27.5 Å². The number of ether oxygens (including phenoxy) is 1. The molecular formula is C38H45N3O5S. The number of hydrogen-bond donors (Lipinski definition) is 1. The number of rotatable bonds is 16. The summed E-state index contributed by atoms with van der Waals surface area (Å²) in [4.78, 5) is 30.0. The fraction of sp³-hybridized carbons (Fsp3) is 0.316. The van der Waals surface area contributed by atoms with Crippen molar-refractivity contribution in [2.75, 3.05) is 24.0 Å². The van der Waals surface area contributed by atoms with Gasteiger partial charge in [0.15, 0.2) is 0 Å². The van der Waals surface area contributed by atoms with Gasteiger partial charge in [0.05, 0.1) is 17.2 Å². The molecule has 0 spiro atoms. The van der Waals surface area contributed by atoms with E-state index in [1.165, 1.54) is 17.0 Å². The number of carbonyl (C=O) groups is 2. The van der Waals surface area contributed by atoms with Crippen molar-refractivity contribution in [3.05, 3.63) is 125 Å². The Morgan fingerprint density at radius 3 is 2.13 bits per heavy atom. The van der Waals surface area contributed by atoms with Gasteiger partial charge in [-0.25, -0.2) is 8.42 Å². The highest BCUT2D eigenvalue weighted by Gasteiger charge is 2.34. The molecule has 0 aliphatic heterocycles. The summed E-state index contributed by atoms with van der Waals surface area (Å²) in [5.74, 6) is -0.223. The fourth-order valence-electron chi connectivity index (χ4n) is 5.31. The fourth-order valence-corrected chi connectivity index (χ4v) is 6.72. The van der Waals surface area contributed by atoms with Crippen molar-refractivity contribution in [3.63, 3.8) is 0 Å². The summed E-state index contributed by atoms with van der Waals surface area (Å²) in [6, 6.07) is 29.6. The Kier molecular flexibility index (Phi) is 12.6. The van der Waals surface area contributed by atoms with E-state index in [9.17, 15) is 18.0 Å². The number of sulfonamides is 1. The minimum atomic E-state index is -4.20. The van der Waals surface area contributed by atoms with Crippen LogP contribution in [0.4, 0.5) is 5.69 Å². The second-order valence-electron chi connectivity index (χ2n) is 11.6. The monoisotopic (exact) mass is 655 g/mol. The van der Waals surface area contributed by atoms with E-state index in [1.807, 2.05) is 94.4 Å². The van der Waals surface area contributed by atoms with Crippen molar-refractivity contribution in [2.24, 2.45) is 0 Å². The molecule has 4 aromatic carbocycles. The van der Waals surface area contributed by atoms with E-state index in [2.05, 4.69) is 5.32 Å². The van der Waals surface area contributed by atoms with Gasteiger partial charge in [-0.3, -0.25) is 13.9 Å². The molecule has 0 bridgehead atoms. The molecule has 1 atom stereocenters. The van der Waals surface area contributed by atoms with Crippen LogP contribution in [-0.4, -0.2) is 50.9 Å². The standard InChI is InChI=1S/C38H45N3O5S/c1-5-7-24-39-38(43)36(26-31-13-9-8-10-14-31)40(27-32-15-11-12-30(4)25-32)37(42)28-41(33-18-16-29(3)17-19-33)47(44,45)35-22-20-34(21-23-35)46-6-2/h8-23,25,36H,5-7,24,26-28H2,1-4H3,(H,39,43). The third kappa shape index (κ3) is 9.68. The molecule has 0 heterocycles. The summed E-state index contributed by atoms with van der Waals surface area (Å²) in [7, 11) is -4.20.